The zero-order valence-corrected chi connectivity index (χ0v) is 16.6. The summed E-state index contributed by atoms with van der Waals surface area (Å²) >= 11 is 0. The smallest absolute Gasteiger partial charge is 0.162 e. The summed E-state index contributed by atoms with van der Waals surface area (Å²) in [5.41, 5.74) is 0.0885. The van der Waals surface area contributed by atoms with E-state index in [1.54, 1.807) is 13.2 Å². The maximum absolute atomic E-state index is 12.7. The normalized spacial score (nSPS) is 16.7. The maximum atomic E-state index is 12.7. The highest BCUT2D eigenvalue weighted by molar-refractivity contribution is 7.93. The van der Waals surface area contributed by atoms with E-state index in [0.717, 1.165) is 19.3 Å². The van der Waals surface area contributed by atoms with Crippen molar-refractivity contribution in [2.75, 3.05) is 19.5 Å². The molecular weight excluding hydrogens is 342 g/mol. The number of aromatic nitrogens is 1. The number of carbonyl (C=O) groups excluding carboxylic acids is 1. The molecule has 0 N–H and O–H groups in total. The van der Waals surface area contributed by atoms with Gasteiger partial charge in [-0.15, -0.1) is 0 Å². The van der Waals surface area contributed by atoms with E-state index < -0.39 is 14.6 Å². The fourth-order valence-electron chi connectivity index (χ4n) is 2.87. The first-order valence-corrected chi connectivity index (χ1v) is 10.4. The van der Waals surface area contributed by atoms with E-state index in [9.17, 15) is 13.2 Å². The third-order valence-electron chi connectivity index (χ3n) is 5.20. The lowest BCUT2D eigenvalue weighted by Gasteiger charge is -2.30. The first-order valence-electron chi connectivity index (χ1n) is 8.70. The second-order valence-corrected chi connectivity index (χ2v) is 10.8. The van der Waals surface area contributed by atoms with Crippen molar-refractivity contribution in [3.05, 3.63) is 17.5 Å². The van der Waals surface area contributed by atoms with Crippen LogP contribution in [0.1, 0.15) is 58.4 Å². The zero-order chi connectivity index (χ0) is 18.9. The van der Waals surface area contributed by atoms with Gasteiger partial charge in [-0.05, 0) is 32.6 Å². The van der Waals surface area contributed by atoms with Crippen LogP contribution in [0.5, 0.6) is 0 Å². The predicted octanol–water partition coefficient (Wildman–Crippen LogP) is 2.70. The first-order chi connectivity index (χ1) is 11.5. The highest BCUT2D eigenvalue weighted by atomic mass is 32.2. The summed E-state index contributed by atoms with van der Waals surface area (Å²) in [6.07, 6.45) is 2.90. The molecule has 0 spiro atoms. The van der Waals surface area contributed by atoms with Crippen LogP contribution in [0.4, 0.5) is 0 Å². The molecule has 1 aliphatic rings. The number of rotatable bonds is 9. The van der Waals surface area contributed by atoms with E-state index >= 15 is 0 Å². The number of Topliss-reactive ketones (excluding diaryl/α,β-unsaturated/α-hetero) is 1. The molecule has 0 atom stereocenters. The van der Waals surface area contributed by atoms with Gasteiger partial charge in [0.05, 0.1) is 24.5 Å². The summed E-state index contributed by atoms with van der Waals surface area (Å²) in [4.78, 5) is 12.7. The van der Waals surface area contributed by atoms with Gasteiger partial charge in [-0.3, -0.25) is 4.79 Å². The van der Waals surface area contributed by atoms with Crippen LogP contribution >= 0.6 is 0 Å². The van der Waals surface area contributed by atoms with Crippen molar-refractivity contribution in [1.82, 2.24) is 5.16 Å². The van der Waals surface area contributed by atoms with Crippen LogP contribution in [-0.2, 0) is 31.2 Å². The Labute approximate surface area is 150 Å². The Bertz CT molecular complexity index is 714. The van der Waals surface area contributed by atoms with Gasteiger partial charge in [0, 0.05) is 18.6 Å². The number of hydrogen-bond acceptors (Lipinski definition) is 6. The van der Waals surface area contributed by atoms with Gasteiger partial charge >= 0.3 is 0 Å². The maximum Gasteiger partial charge on any atom is 0.162 e. The molecule has 0 amide bonds. The van der Waals surface area contributed by atoms with E-state index in [-0.39, 0.29) is 29.3 Å². The minimum absolute atomic E-state index is 0.0521. The molecule has 1 aromatic rings. The molecule has 1 aromatic heterocycles. The molecule has 1 saturated carbocycles. The number of carbonyl (C=O) groups is 1. The molecule has 1 fully saturated rings. The molecule has 1 aliphatic carbocycles. The third kappa shape index (κ3) is 4.31. The number of ether oxygens (including phenoxy) is 1. The number of hydrogen-bond donors (Lipinski definition) is 0. The molecule has 25 heavy (non-hydrogen) atoms. The average Bonchev–Trinajstić information content (AvgIpc) is 2.92. The van der Waals surface area contributed by atoms with E-state index in [1.165, 1.54) is 13.8 Å². The molecule has 0 aliphatic heterocycles. The lowest BCUT2D eigenvalue weighted by Crippen LogP contribution is -2.45. The monoisotopic (exact) mass is 371 g/mol. The van der Waals surface area contributed by atoms with Crippen LogP contribution in [0.3, 0.4) is 0 Å². The van der Waals surface area contributed by atoms with Crippen molar-refractivity contribution in [2.45, 2.75) is 63.5 Å². The number of methoxy groups -OCH3 is 1. The molecule has 0 saturated heterocycles. The van der Waals surface area contributed by atoms with Crippen LogP contribution in [-0.4, -0.2) is 43.6 Å². The number of ketones is 1. The Morgan fingerprint density at radius 3 is 2.48 bits per heavy atom. The third-order valence-corrected chi connectivity index (χ3v) is 7.89. The summed E-state index contributed by atoms with van der Waals surface area (Å²) in [6, 6.07) is 1.71. The minimum Gasteiger partial charge on any atom is -0.384 e. The standard InChI is InChI=1S/C18H29NO5S/c1-17(2,12-23-5)16-10-14(19-24-16)9-15(20)18(3,4)25(21,22)11-13-7-6-8-13/h10,13H,6-9,11-12H2,1-5H3. The SMILES string of the molecule is COCC(C)(C)c1cc(CC(=O)C(C)(C)S(=O)(=O)CC2CCC2)no1. The molecule has 142 valence electrons. The molecule has 0 unspecified atom stereocenters. The summed E-state index contributed by atoms with van der Waals surface area (Å²) in [7, 11) is -1.89. The van der Waals surface area contributed by atoms with Gasteiger partial charge in [-0.1, -0.05) is 25.4 Å². The van der Waals surface area contributed by atoms with Crippen LogP contribution in [0, 0.1) is 5.92 Å². The van der Waals surface area contributed by atoms with Crippen LogP contribution in [0.15, 0.2) is 10.6 Å². The van der Waals surface area contributed by atoms with Gasteiger partial charge in [0.15, 0.2) is 15.6 Å². The minimum atomic E-state index is -3.50. The van der Waals surface area contributed by atoms with Gasteiger partial charge in [0.2, 0.25) is 0 Å². The van der Waals surface area contributed by atoms with Crippen molar-refractivity contribution in [1.29, 1.82) is 0 Å². The Hall–Kier alpha value is -1.21. The van der Waals surface area contributed by atoms with Crippen LogP contribution in [0.25, 0.3) is 0 Å². The summed E-state index contributed by atoms with van der Waals surface area (Å²) < 4.78 is 34.4. The van der Waals surface area contributed by atoms with Crippen LogP contribution < -0.4 is 0 Å². The average molecular weight is 371 g/mol. The second-order valence-electron chi connectivity index (χ2n) is 8.19. The van der Waals surface area contributed by atoms with Crippen molar-refractivity contribution >= 4 is 15.6 Å². The molecule has 0 radical (unpaired) electrons. The van der Waals surface area contributed by atoms with Crippen molar-refractivity contribution < 1.29 is 22.5 Å². The Morgan fingerprint density at radius 1 is 1.32 bits per heavy atom. The van der Waals surface area contributed by atoms with Crippen molar-refractivity contribution in [2.24, 2.45) is 5.92 Å². The molecule has 6 nitrogen and oxygen atoms in total. The number of nitrogens with zero attached hydrogens (tertiary/aromatic N) is 1. The largest absolute Gasteiger partial charge is 0.384 e. The second kappa shape index (κ2) is 7.19. The topological polar surface area (TPSA) is 86.5 Å². The Morgan fingerprint density at radius 2 is 1.96 bits per heavy atom. The van der Waals surface area contributed by atoms with E-state index in [2.05, 4.69) is 5.16 Å². The van der Waals surface area contributed by atoms with Gasteiger partial charge in [0.1, 0.15) is 10.5 Å². The van der Waals surface area contributed by atoms with E-state index in [1.807, 2.05) is 13.8 Å². The fourth-order valence-corrected chi connectivity index (χ4v) is 4.66. The highest BCUT2D eigenvalue weighted by Crippen LogP contribution is 2.32. The summed E-state index contributed by atoms with van der Waals surface area (Å²) in [6.45, 7) is 7.36. The quantitative estimate of drug-likeness (QED) is 0.663. The first kappa shape index (κ1) is 20.1. The highest BCUT2D eigenvalue weighted by Gasteiger charge is 2.43. The zero-order valence-electron chi connectivity index (χ0n) is 15.8. The summed E-state index contributed by atoms with van der Waals surface area (Å²) in [5.74, 6) is 0.561. The fraction of sp³-hybridized carbons (Fsp3) is 0.778. The molecule has 1 heterocycles. The van der Waals surface area contributed by atoms with Gasteiger partial charge in [-0.2, -0.15) is 0 Å². The molecule has 2 rings (SSSR count). The Balaban J connectivity index is 2.09. The molecule has 0 aromatic carbocycles. The Kier molecular flexibility index (Phi) is 5.78. The van der Waals surface area contributed by atoms with Crippen LogP contribution in [0.2, 0.25) is 0 Å². The molecule has 7 heteroatoms. The lowest BCUT2D eigenvalue weighted by molar-refractivity contribution is -0.120. The lowest BCUT2D eigenvalue weighted by atomic mass is 9.87. The molecule has 0 bridgehead atoms. The number of sulfone groups is 1. The van der Waals surface area contributed by atoms with E-state index in [0.29, 0.717) is 18.1 Å². The van der Waals surface area contributed by atoms with Gasteiger partial charge < -0.3 is 9.26 Å². The van der Waals surface area contributed by atoms with Gasteiger partial charge in [0.25, 0.3) is 0 Å². The van der Waals surface area contributed by atoms with Gasteiger partial charge in [-0.25, -0.2) is 8.42 Å². The van der Waals surface area contributed by atoms with Crippen molar-refractivity contribution in [3.63, 3.8) is 0 Å². The summed E-state index contributed by atoms with van der Waals surface area (Å²) in [5, 5.41) is 3.94. The molecular formula is C18H29NO5S. The predicted molar refractivity (Wildman–Crippen MR) is 95.3 cm³/mol. The van der Waals surface area contributed by atoms with Crippen molar-refractivity contribution in [3.8, 4) is 0 Å². The van der Waals surface area contributed by atoms with E-state index in [4.69, 9.17) is 9.26 Å².